The SMILES string of the molecule is O=C(c1c[nH+][c-]2c(OCc3ccccc3)cccc12)[C-]1C=[S+][C-](c2cccnc2)[NH2+]1. The molecule has 0 bridgehead atoms. The number of hydrogen-bond donors (Lipinski definition) is 1. The van der Waals surface area contributed by atoms with Gasteiger partial charge in [0.1, 0.15) is 12.4 Å². The number of Topliss-reactive ketones (excluding diaryl/α,β-unsaturated/α-hetero) is 1. The Morgan fingerprint density at radius 1 is 1.10 bits per heavy atom. The number of ether oxygens (including phenoxy) is 1. The van der Waals surface area contributed by atoms with E-state index in [9.17, 15) is 4.79 Å². The third kappa shape index (κ3) is 3.54. The second-order valence-corrected chi connectivity index (χ2v) is 7.84. The van der Waals surface area contributed by atoms with E-state index in [4.69, 9.17) is 4.74 Å². The van der Waals surface area contributed by atoms with E-state index in [0.717, 1.165) is 33.2 Å². The zero-order valence-corrected chi connectivity index (χ0v) is 16.9. The molecule has 0 radical (unpaired) electrons. The lowest BCUT2D eigenvalue weighted by atomic mass is 10.0. The van der Waals surface area contributed by atoms with Gasteiger partial charge in [-0.2, -0.15) is 0 Å². The summed E-state index contributed by atoms with van der Waals surface area (Å²) in [5.74, 6) is 0.727. The van der Waals surface area contributed by atoms with Crippen LogP contribution in [0.3, 0.4) is 0 Å². The lowest BCUT2D eigenvalue weighted by Crippen LogP contribution is -2.86. The van der Waals surface area contributed by atoms with Crippen molar-refractivity contribution in [3.05, 3.63) is 107 Å². The Hall–Kier alpha value is -3.61. The molecule has 0 saturated heterocycles. The van der Waals surface area contributed by atoms with Crippen LogP contribution in [0.15, 0.2) is 79.3 Å². The van der Waals surface area contributed by atoms with E-state index in [1.54, 1.807) is 23.7 Å². The number of H-pyrrole nitrogens is 1. The molecule has 0 aliphatic carbocycles. The Labute approximate surface area is 178 Å². The van der Waals surface area contributed by atoms with Crippen LogP contribution in [-0.2, 0) is 18.0 Å². The summed E-state index contributed by atoms with van der Waals surface area (Å²) >= 11 is 1.55. The number of ketones is 1. The van der Waals surface area contributed by atoms with E-state index in [0.29, 0.717) is 18.2 Å². The van der Waals surface area contributed by atoms with E-state index < -0.39 is 0 Å². The van der Waals surface area contributed by atoms with Crippen LogP contribution >= 0.6 is 0 Å². The minimum Gasteiger partial charge on any atom is -0.498 e. The highest BCUT2D eigenvalue weighted by Crippen LogP contribution is 2.27. The standard InChI is InChI=1S/C24H19N3O2S/c28-23(20-15-30-24(27-20)17-8-5-11-25-12-17)19-13-26-22-18(19)9-4-10-21(22)29-14-16-6-2-1-3-7-16/h1-13,15,26H,14,27H2. The number of nitrogens with two attached hydrogens (primary N) is 1. The highest BCUT2D eigenvalue weighted by atomic mass is 32.1. The van der Waals surface area contributed by atoms with Crippen LogP contribution in [0, 0.1) is 11.4 Å². The van der Waals surface area contributed by atoms with Crippen LogP contribution in [0.1, 0.15) is 21.5 Å². The first-order valence-corrected chi connectivity index (χ1v) is 10.5. The molecule has 1 aliphatic heterocycles. The molecule has 4 aromatic rings. The van der Waals surface area contributed by atoms with Gasteiger partial charge in [0.2, 0.25) is 0 Å². The molecule has 30 heavy (non-hydrogen) atoms. The molecule has 2 aromatic carbocycles. The monoisotopic (exact) mass is 413 g/mol. The summed E-state index contributed by atoms with van der Waals surface area (Å²) in [6, 6.07) is 20.4. The van der Waals surface area contributed by atoms with E-state index in [2.05, 4.69) is 9.97 Å². The van der Waals surface area contributed by atoms with Gasteiger partial charge in [-0.1, -0.05) is 59.6 Å². The highest BCUT2D eigenvalue weighted by Gasteiger charge is 2.31. The quantitative estimate of drug-likeness (QED) is 0.228. The third-order valence-corrected chi connectivity index (χ3v) is 5.95. The highest BCUT2D eigenvalue weighted by molar-refractivity contribution is 7.81. The number of aromatic amines is 1. The first-order chi connectivity index (χ1) is 14.8. The maximum absolute atomic E-state index is 13.2. The molecule has 1 aliphatic rings. The van der Waals surface area contributed by atoms with Crippen LogP contribution in [0.4, 0.5) is 0 Å². The second-order valence-electron chi connectivity index (χ2n) is 6.93. The molecule has 5 nitrogen and oxygen atoms in total. The summed E-state index contributed by atoms with van der Waals surface area (Å²) in [4.78, 5) is 20.6. The van der Waals surface area contributed by atoms with Crippen LogP contribution in [0.25, 0.3) is 10.9 Å². The van der Waals surface area contributed by atoms with Gasteiger partial charge in [0.15, 0.2) is 22.2 Å². The van der Waals surface area contributed by atoms with Crippen molar-refractivity contribution in [2.24, 2.45) is 0 Å². The molecule has 0 unspecified atom stereocenters. The number of hydrogen-bond acceptors (Lipinski definition) is 3. The van der Waals surface area contributed by atoms with Gasteiger partial charge in [-0.05, 0) is 17.3 Å². The average Bonchev–Trinajstić information content (AvgIpc) is 3.47. The Bertz CT molecular complexity index is 1210. The summed E-state index contributed by atoms with van der Waals surface area (Å²) in [7, 11) is 0. The van der Waals surface area contributed by atoms with Gasteiger partial charge in [0.25, 0.3) is 5.37 Å². The largest absolute Gasteiger partial charge is 0.498 e. The van der Waals surface area contributed by atoms with Gasteiger partial charge in [0, 0.05) is 6.20 Å². The lowest BCUT2D eigenvalue weighted by molar-refractivity contribution is -0.580. The number of pyridine rings is 1. The normalized spacial score (nSPS) is 13.2. The number of carbonyl (C=O) groups excluding carboxylic acids is 1. The fourth-order valence-electron chi connectivity index (χ4n) is 3.44. The zero-order chi connectivity index (χ0) is 20.3. The first kappa shape index (κ1) is 18.4. The van der Waals surface area contributed by atoms with E-state index in [1.165, 1.54) is 0 Å². The molecule has 0 fully saturated rings. The summed E-state index contributed by atoms with van der Waals surface area (Å²) in [5, 5.41) is 5.72. The van der Waals surface area contributed by atoms with Crippen LogP contribution < -0.4 is 15.0 Å². The van der Waals surface area contributed by atoms with Crippen LogP contribution in [0.2, 0.25) is 0 Å². The lowest BCUT2D eigenvalue weighted by Gasteiger charge is -2.15. The summed E-state index contributed by atoms with van der Waals surface area (Å²) < 4.78 is 6.02. The van der Waals surface area contributed by atoms with Crippen molar-refractivity contribution in [1.82, 2.24) is 4.98 Å². The summed E-state index contributed by atoms with van der Waals surface area (Å²) in [6.07, 6.45) is 5.32. The fourth-order valence-corrected chi connectivity index (χ4v) is 4.32. The van der Waals surface area contributed by atoms with Crippen molar-refractivity contribution in [1.29, 1.82) is 0 Å². The van der Waals surface area contributed by atoms with Gasteiger partial charge in [-0.25, -0.2) is 0 Å². The van der Waals surface area contributed by atoms with Crippen molar-refractivity contribution >= 4 is 33.4 Å². The topological polar surface area (TPSA) is 69.9 Å². The van der Waals surface area contributed by atoms with Crippen molar-refractivity contribution in [2.75, 3.05) is 0 Å². The van der Waals surface area contributed by atoms with Crippen LogP contribution in [0.5, 0.6) is 5.75 Å². The molecule has 0 saturated carbocycles. The maximum Gasteiger partial charge on any atom is 0.277 e. The minimum absolute atomic E-state index is 0.00662. The van der Waals surface area contributed by atoms with Gasteiger partial charge >= 0.3 is 0 Å². The number of quaternary nitrogens is 1. The number of aromatic nitrogens is 2. The van der Waals surface area contributed by atoms with E-state index >= 15 is 0 Å². The molecule has 3 heterocycles. The smallest absolute Gasteiger partial charge is 0.277 e. The van der Waals surface area contributed by atoms with Gasteiger partial charge in [-0.15, -0.1) is 18.2 Å². The molecule has 0 amide bonds. The van der Waals surface area contributed by atoms with Gasteiger partial charge in [0.05, 0.1) is 11.8 Å². The Morgan fingerprint density at radius 2 is 2.00 bits per heavy atom. The van der Waals surface area contributed by atoms with Crippen molar-refractivity contribution in [3.63, 3.8) is 0 Å². The molecule has 6 heteroatoms. The molecule has 3 N–H and O–H groups in total. The Balaban J connectivity index is 1.35. The number of carbonyl (C=O) groups is 1. The molecule has 2 aromatic heterocycles. The zero-order valence-electron chi connectivity index (χ0n) is 16.0. The molecular formula is C24H19N3O2S. The molecule has 0 atom stereocenters. The van der Waals surface area contributed by atoms with Crippen molar-refractivity contribution in [3.8, 4) is 5.75 Å². The Kier molecular flexibility index (Phi) is 4.93. The van der Waals surface area contributed by atoms with Crippen LogP contribution in [-0.4, -0.2) is 16.1 Å². The van der Waals surface area contributed by atoms with Gasteiger partial charge in [-0.3, -0.25) is 4.98 Å². The van der Waals surface area contributed by atoms with E-state index in [-0.39, 0.29) is 5.78 Å². The molecule has 5 rings (SSSR count). The molecular weight excluding hydrogens is 394 g/mol. The number of nitrogens with one attached hydrogen (secondary N) is 1. The minimum atomic E-state index is -0.00662. The fraction of sp³-hybridized carbons (Fsp3) is 0.0417. The third-order valence-electron chi connectivity index (χ3n) is 4.97. The van der Waals surface area contributed by atoms with Crippen molar-refractivity contribution < 1.29 is 19.8 Å². The van der Waals surface area contributed by atoms with E-state index in [1.807, 2.05) is 77.5 Å². The first-order valence-electron chi connectivity index (χ1n) is 9.60. The summed E-state index contributed by atoms with van der Waals surface area (Å²) in [6.45, 7) is 0.473. The predicted octanol–water partition coefficient (Wildman–Crippen LogP) is 2.06. The number of nitrogens with zero attached hydrogens (tertiary/aromatic N) is 1. The average molecular weight is 414 g/mol. The Morgan fingerprint density at radius 3 is 2.83 bits per heavy atom. The van der Waals surface area contributed by atoms with Gasteiger partial charge < -0.3 is 19.8 Å². The molecule has 0 spiro atoms. The maximum atomic E-state index is 13.2. The number of rotatable bonds is 6. The summed E-state index contributed by atoms with van der Waals surface area (Å²) in [5.41, 5.74) is 3.58. The predicted molar refractivity (Wildman–Crippen MR) is 116 cm³/mol. The number of para-hydroxylation sites is 1. The van der Waals surface area contributed by atoms with Crippen molar-refractivity contribution in [2.45, 2.75) is 6.61 Å². The number of fused-ring (bicyclic) bond motifs is 1. The second kappa shape index (κ2) is 8.02. The number of benzene rings is 2. The molecule has 148 valence electrons.